The van der Waals surface area contributed by atoms with Gasteiger partial charge in [-0.25, -0.2) is 0 Å². The van der Waals surface area contributed by atoms with Gasteiger partial charge in [0.05, 0.1) is 17.6 Å². The third-order valence-corrected chi connectivity index (χ3v) is 4.37. The van der Waals surface area contributed by atoms with Crippen molar-refractivity contribution in [1.82, 2.24) is 9.55 Å². The van der Waals surface area contributed by atoms with Gasteiger partial charge in [-0.15, -0.1) is 0 Å². The molecule has 0 bridgehead atoms. The summed E-state index contributed by atoms with van der Waals surface area (Å²) in [4.78, 5) is 4.62. The second kappa shape index (κ2) is 6.79. The van der Waals surface area contributed by atoms with E-state index >= 15 is 0 Å². The molecule has 0 amide bonds. The van der Waals surface area contributed by atoms with Crippen LogP contribution >= 0.6 is 23.2 Å². The lowest BCUT2D eigenvalue weighted by atomic mass is 10.2. The van der Waals surface area contributed by atoms with E-state index in [-0.39, 0.29) is 0 Å². The number of hydrogen-bond acceptors (Lipinski definition) is 2. The molecule has 4 rings (SSSR count). The summed E-state index contributed by atoms with van der Waals surface area (Å²) in [5, 5.41) is 1.34. The predicted molar refractivity (Wildman–Crippen MR) is 102 cm³/mol. The minimum atomic E-state index is 0.526. The molecule has 0 spiro atoms. The predicted octanol–water partition coefficient (Wildman–Crippen LogP) is 6.18. The van der Waals surface area contributed by atoms with Gasteiger partial charge in [0.15, 0.2) is 0 Å². The van der Waals surface area contributed by atoms with E-state index in [2.05, 4.69) is 4.98 Å². The molecule has 3 nitrogen and oxygen atoms in total. The molecule has 4 aromatic rings. The van der Waals surface area contributed by atoms with Crippen molar-refractivity contribution < 1.29 is 4.74 Å². The van der Waals surface area contributed by atoms with Crippen LogP contribution in [-0.2, 0) is 6.54 Å². The third kappa shape index (κ3) is 3.48. The van der Waals surface area contributed by atoms with E-state index in [0.717, 1.165) is 21.6 Å². The standard InChI is InChI=1S/C20H14Cl2N2O/c21-15-10-8-14(9-11-15)13-24-19-7-2-1-6-18(19)23-20(24)25-17-5-3-4-16(22)12-17/h1-12H,13H2. The Balaban J connectivity index is 1.76. The molecular weight excluding hydrogens is 355 g/mol. The van der Waals surface area contributed by atoms with Gasteiger partial charge in [0.1, 0.15) is 5.75 Å². The SMILES string of the molecule is Clc1ccc(Cn2c(Oc3cccc(Cl)c3)nc3ccccc32)cc1. The summed E-state index contributed by atoms with van der Waals surface area (Å²) < 4.78 is 8.05. The minimum Gasteiger partial charge on any atom is -0.425 e. The second-order valence-electron chi connectivity index (χ2n) is 5.66. The first kappa shape index (κ1) is 16.0. The van der Waals surface area contributed by atoms with Crippen molar-refractivity contribution in [2.75, 3.05) is 0 Å². The van der Waals surface area contributed by atoms with Gasteiger partial charge in [0.25, 0.3) is 0 Å². The Bertz CT molecular complexity index is 1030. The van der Waals surface area contributed by atoms with Crippen LogP contribution < -0.4 is 4.74 Å². The summed E-state index contributed by atoms with van der Waals surface area (Å²) in [6.45, 7) is 0.633. The number of halogens is 2. The monoisotopic (exact) mass is 368 g/mol. The molecule has 1 aromatic heterocycles. The van der Waals surface area contributed by atoms with Gasteiger partial charge in [-0.2, -0.15) is 4.98 Å². The van der Waals surface area contributed by atoms with E-state index in [1.165, 1.54) is 0 Å². The largest absolute Gasteiger partial charge is 0.425 e. The first-order valence-corrected chi connectivity index (χ1v) is 8.58. The van der Waals surface area contributed by atoms with Gasteiger partial charge >= 0.3 is 6.01 Å². The summed E-state index contributed by atoms with van der Waals surface area (Å²) in [5.74, 6) is 0.653. The number of benzene rings is 3. The van der Waals surface area contributed by atoms with Crippen molar-refractivity contribution in [1.29, 1.82) is 0 Å². The van der Waals surface area contributed by atoms with Crippen molar-refractivity contribution in [3.8, 4) is 11.8 Å². The highest BCUT2D eigenvalue weighted by molar-refractivity contribution is 6.30. The van der Waals surface area contributed by atoms with Gasteiger partial charge in [0, 0.05) is 10.0 Å². The number of hydrogen-bond donors (Lipinski definition) is 0. The topological polar surface area (TPSA) is 27.1 Å². The molecule has 25 heavy (non-hydrogen) atoms. The summed E-state index contributed by atoms with van der Waals surface area (Å²) >= 11 is 12.0. The number of ether oxygens (including phenoxy) is 1. The Kier molecular flexibility index (Phi) is 4.35. The fourth-order valence-electron chi connectivity index (χ4n) is 2.69. The molecule has 0 saturated carbocycles. The molecule has 0 saturated heterocycles. The van der Waals surface area contributed by atoms with Crippen molar-refractivity contribution in [3.05, 3.63) is 88.4 Å². The maximum atomic E-state index is 6.05. The highest BCUT2D eigenvalue weighted by Crippen LogP contribution is 2.28. The highest BCUT2D eigenvalue weighted by atomic mass is 35.5. The van der Waals surface area contributed by atoms with Crippen LogP contribution in [0.2, 0.25) is 10.0 Å². The van der Waals surface area contributed by atoms with E-state index in [0.29, 0.717) is 23.3 Å². The quantitative estimate of drug-likeness (QED) is 0.429. The summed E-state index contributed by atoms with van der Waals surface area (Å²) in [5.41, 5.74) is 3.01. The van der Waals surface area contributed by atoms with Crippen LogP contribution in [0.15, 0.2) is 72.8 Å². The third-order valence-electron chi connectivity index (χ3n) is 3.88. The van der Waals surface area contributed by atoms with Gasteiger partial charge in [0.2, 0.25) is 0 Å². The van der Waals surface area contributed by atoms with Crippen molar-refractivity contribution >= 4 is 34.2 Å². The molecule has 0 aliphatic carbocycles. The van der Waals surface area contributed by atoms with Gasteiger partial charge < -0.3 is 4.74 Å². The molecule has 3 aromatic carbocycles. The molecule has 0 aliphatic heterocycles. The Labute approximate surface area is 155 Å². The number of para-hydroxylation sites is 2. The molecule has 5 heteroatoms. The normalized spacial score (nSPS) is 11.0. The molecule has 1 heterocycles. The summed E-state index contributed by atoms with van der Waals surface area (Å²) in [6.07, 6.45) is 0. The number of nitrogens with zero attached hydrogens (tertiary/aromatic N) is 2. The first-order valence-electron chi connectivity index (χ1n) is 7.82. The summed E-state index contributed by atoms with van der Waals surface area (Å²) in [6, 6.07) is 23.5. The molecule has 124 valence electrons. The Morgan fingerprint density at radius 1 is 0.840 bits per heavy atom. The molecule has 0 aliphatic rings. The first-order chi connectivity index (χ1) is 12.2. The zero-order valence-corrected chi connectivity index (χ0v) is 14.7. The van der Waals surface area contributed by atoms with Crippen LogP contribution in [0.3, 0.4) is 0 Å². The van der Waals surface area contributed by atoms with Gasteiger partial charge in [-0.05, 0) is 48.0 Å². The van der Waals surface area contributed by atoms with Gasteiger partial charge in [-0.3, -0.25) is 4.57 Å². The molecular formula is C20H14Cl2N2O. The number of imidazole rings is 1. The van der Waals surface area contributed by atoms with Crippen LogP contribution in [0, 0.1) is 0 Å². The van der Waals surface area contributed by atoms with Crippen LogP contribution in [0.25, 0.3) is 11.0 Å². The number of aromatic nitrogens is 2. The second-order valence-corrected chi connectivity index (χ2v) is 6.53. The maximum Gasteiger partial charge on any atom is 0.303 e. The van der Waals surface area contributed by atoms with Crippen LogP contribution in [-0.4, -0.2) is 9.55 Å². The molecule has 0 fully saturated rings. The lowest BCUT2D eigenvalue weighted by Gasteiger charge is -2.10. The molecule has 0 unspecified atom stereocenters. The van der Waals surface area contributed by atoms with Crippen LogP contribution in [0.1, 0.15) is 5.56 Å². The Morgan fingerprint density at radius 2 is 1.64 bits per heavy atom. The van der Waals surface area contributed by atoms with Crippen LogP contribution in [0.4, 0.5) is 0 Å². The Morgan fingerprint density at radius 3 is 2.44 bits per heavy atom. The lowest BCUT2D eigenvalue weighted by molar-refractivity contribution is 0.421. The zero-order valence-electron chi connectivity index (χ0n) is 13.2. The van der Waals surface area contributed by atoms with E-state index < -0.39 is 0 Å². The van der Waals surface area contributed by atoms with E-state index in [9.17, 15) is 0 Å². The lowest BCUT2D eigenvalue weighted by Crippen LogP contribution is -2.02. The van der Waals surface area contributed by atoms with E-state index in [1.54, 1.807) is 6.07 Å². The smallest absolute Gasteiger partial charge is 0.303 e. The minimum absolute atomic E-state index is 0.526. The molecule has 0 N–H and O–H groups in total. The average molecular weight is 369 g/mol. The molecule has 0 radical (unpaired) electrons. The fraction of sp³-hybridized carbons (Fsp3) is 0.0500. The number of fused-ring (bicyclic) bond motifs is 1. The highest BCUT2D eigenvalue weighted by Gasteiger charge is 2.13. The Hall–Kier alpha value is -2.49. The van der Waals surface area contributed by atoms with Gasteiger partial charge in [-0.1, -0.05) is 53.5 Å². The van der Waals surface area contributed by atoms with Crippen LogP contribution in [0.5, 0.6) is 11.8 Å². The van der Waals surface area contributed by atoms with E-state index in [4.69, 9.17) is 27.9 Å². The van der Waals surface area contributed by atoms with Crippen molar-refractivity contribution in [2.45, 2.75) is 6.54 Å². The maximum absolute atomic E-state index is 6.05. The average Bonchev–Trinajstić information content (AvgIpc) is 2.94. The fourth-order valence-corrected chi connectivity index (χ4v) is 3.00. The van der Waals surface area contributed by atoms with E-state index in [1.807, 2.05) is 71.3 Å². The molecule has 0 atom stereocenters. The summed E-state index contributed by atoms with van der Waals surface area (Å²) in [7, 11) is 0. The number of rotatable bonds is 4. The zero-order chi connectivity index (χ0) is 17.2. The van der Waals surface area contributed by atoms with Crippen molar-refractivity contribution in [2.24, 2.45) is 0 Å². The van der Waals surface area contributed by atoms with Crippen molar-refractivity contribution in [3.63, 3.8) is 0 Å².